The highest BCUT2D eigenvalue weighted by Crippen LogP contribution is 2.21. The van der Waals surface area contributed by atoms with E-state index in [1.165, 1.54) is 12.3 Å². The highest BCUT2D eigenvalue weighted by Gasteiger charge is 2.24. The van der Waals surface area contributed by atoms with E-state index in [0.717, 1.165) is 18.2 Å². The number of hydrogen-bond acceptors (Lipinski definition) is 4. The van der Waals surface area contributed by atoms with Gasteiger partial charge in [0.05, 0.1) is 0 Å². The second-order valence-corrected chi connectivity index (χ2v) is 5.32. The van der Waals surface area contributed by atoms with E-state index in [1.807, 2.05) is 4.72 Å². The number of sulfonamides is 1. The second-order valence-electron chi connectivity index (χ2n) is 3.37. The van der Waals surface area contributed by atoms with Crippen molar-refractivity contribution in [1.82, 2.24) is 9.97 Å². The maximum Gasteiger partial charge on any atom is 0.268 e. The van der Waals surface area contributed by atoms with Crippen molar-refractivity contribution in [2.75, 3.05) is 4.72 Å². The average molecular weight is 306 g/mol. The fourth-order valence-corrected chi connectivity index (χ4v) is 2.61. The van der Waals surface area contributed by atoms with Crippen molar-refractivity contribution in [2.24, 2.45) is 0 Å². The Morgan fingerprint density at radius 2 is 1.79 bits per heavy atom. The van der Waals surface area contributed by atoms with Gasteiger partial charge in [-0.3, -0.25) is 4.72 Å². The fourth-order valence-electron chi connectivity index (χ4n) is 1.32. The van der Waals surface area contributed by atoms with Crippen molar-refractivity contribution < 1.29 is 17.2 Å². The molecule has 0 atom stereocenters. The van der Waals surface area contributed by atoms with Gasteiger partial charge in [0.25, 0.3) is 10.0 Å². The van der Waals surface area contributed by atoms with Gasteiger partial charge in [-0.15, -0.1) is 0 Å². The minimum atomic E-state index is -4.44. The molecular formula is C10H6ClF2N3O2S. The summed E-state index contributed by atoms with van der Waals surface area (Å²) in [6.07, 6.45) is 1.20. The van der Waals surface area contributed by atoms with E-state index in [0.29, 0.717) is 0 Å². The van der Waals surface area contributed by atoms with Crippen LogP contribution in [0.15, 0.2) is 35.4 Å². The molecule has 0 saturated heterocycles. The van der Waals surface area contributed by atoms with Gasteiger partial charge in [-0.1, -0.05) is 6.07 Å². The van der Waals surface area contributed by atoms with Gasteiger partial charge in [-0.2, -0.15) is 4.98 Å². The van der Waals surface area contributed by atoms with Gasteiger partial charge >= 0.3 is 0 Å². The molecule has 1 heterocycles. The summed E-state index contributed by atoms with van der Waals surface area (Å²) in [5.74, 6) is -2.59. The van der Waals surface area contributed by atoms with Crippen molar-refractivity contribution >= 4 is 27.4 Å². The van der Waals surface area contributed by atoms with Crippen LogP contribution in [0.2, 0.25) is 5.28 Å². The minimum Gasteiger partial charge on any atom is -0.263 e. The van der Waals surface area contributed by atoms with Crippen molar-refractivity contribution in [3.63, 3.8) is 0 Å². The van der Waals surface area contributed by atoms with E-state index in [1.54, 1.807) is 0 Å². The van der Waals surface area contributed by atoms with Crippen molar-refractivity contribution in [3.8, 4) is 0 Å². The Labute approximate surface area is 112 Å². The van der Waals surface area contributed by atoms with E-state index < -0.39 is 26.6 Å². The molecule has 1 aromatic heterocycles. The van der Waals surface area contributed by atoms with Crippen LogP contribution in [0.3, 0.4) is 0 Å². The van der Waals surface area contributed by atoms with Crippen LogP contribution in [0.1, 0.15) is 0 Å². The third kappa shape index (κ3) is 2.96. The maximum atomic E-state index is 13.4. The Bertz CT molecular complexity index is 704. The van der Waals surface area contributed by atoms with E-state index >= 15 is 0 Å². The lowest BCUT2D eigenvalue weighted by Crippen LogP contribution is -2.17. The number of aromatic nitrogens is 2. The summed E-state index contributed by atoms with van der Waals surface area (Å²) in [5, 5.41) is -0.200. The number of rotatable bonds is 3. The maximum absolute atomic E-state index is 13.4. The second kappa shape index (κ2) is 5.06. The van der Waals surface area contributed by atoms with E-state index in [-0.39, 0.29) is 11.1 Å². The zero-order chi connectivity index (χ0) is 14.0. The first-order valence-corrected chi connectivity index (χ1v) is 6.71. The highest BCUT2D eigenvalue weighted by atomic mass is 35.5. The van der Waals surface area contributed by atoms with Crippen LogP contribution in [-0.2, 0) is 10.0 Å². The molecule has 19 heavy (non-hydrogen) atoms. The number of halogens is 3. The molecular weight excluding hydrogens is 300 g/mol. The molecule has 1 N–H and O–H groups in total. The largest absolute Gasteiger partial charge is 0.268 e. The average Bonchev–Trinajstić information content (AvgIpc) is 2.27. The third-order valence-electron chi connectivity index (χ3n) is 2.05. The number of benzene rings is 1. The summed E-state index contributed by atoms with van der Waals surface area (Å²) >= 11 is 5.48. The molecule has 0 aliphatic heterocycles. The van der Waals surface area contributed by atoms with E-state index in [2.05, 4.69) is 9.97 Å². The summed E-state index contributed by atoms with van der Waals surface area (Å²) in [4.78, 5) is 6.03. The first-order valence-electron chi connectivity index (χ1n) is 4.85. The highest BCUT2D eigenvalue weighted by molar-refractivity contribution is 7.92. The molecule has 0 amide bonds. The zero-order valence-electron chi connectivity index (χ0n) is 9.14. The molecule has 0 spiro atoms. The molecule has 0 fully saturated rings. The van der Waals surface area contributed by atoms with Crippen LogP contribution in [0.5, 0.6) is 0 Å². The molecule has 5 nitrogen and oxygen atoms in total. The molecule has 0 aliphatic rings. The SMILES string of the molecule is O=S(=O)(Nc1ccnc(Cl)n1)c1c(F)cccc1F. The summed E-state index contributed by atoms with van der Waals surface area (Å²) in [7, 11) is -4.44. The lowest BCUT2D eigenvalue weighted by molar-refractivity contribution is 0.521. The van der Waals surface area contributed by atoms with Crippen LogP contribution in [0.25, 0.3) is 0 Å². The molecule has 0 radical (unpaired) electrons. The predicted octanol–water partition coefficient (Wildman–Crippen LogP) is 2.21. The Morgan fingerprint density at radius 3 is 2.37 bits per heavy atom. The van der Waals surface area contributed by atoms with Gasteiger partial charge in [-0.05, 0) is 29.8 Å². The van der Waals surface area contributed by atoms with Crippen LogP contribution in [0.4, 0.5) is 14.6 Å². The molecule has 9 heteroatoms. The molecule has 1 aromatic carbocycles. The Balaban J connectivity index is 2.44. The first kappa shape index (κ1) is 13.6. The van der Waals surface area contributed by atoms with Crippen LogP contribution >= 0.6 is 11.6 Å². The molecule has 2 aromatic rings. The van der Waals surface area contributed by atoms with E-state index in [4.69, 9.17) is 11.6 Å². The van der Waals surface area contributed by atoms with Crippen molar-refractivity contribution in [2.45, 2.75) is 4.90 Å². The first-order chi connectivity index (χ1) is 8.90. The fraction of sp³-hybridized carbons (Fsp3) is 0. The predicted molar refractivity (Wildman–Crippen MR) is 64.2 cm³/mol. The number of hydrogen-bond donors (Lipinski definition) is 1. The summed E-state index contributed by atoms with van der Waals surface area (Å²) < 4.78 is 52.5. The van der Waals surface area contributed by atoms with Crippen LogP contribution < -0.4 is 4.72 Å². The topological polar surface area (TPSA) is 72.0 Å². The quantitative estimate of drug-likeness (QED) is 0.883. The molecule has 0 saturated carbocycles. The minimum absolute atomic E-state index is 0.192. The van der Waals surface area contributed by atoms with Gasteiger partial charge in [0, 0.05) is 6.20 Å². The molecule has 0 unspecified atom stereocenters. The Hall–Kier alpha value is -1.80. The van der Waals surface area contributed by atoms with Gasteiger partial charge in [-0.25, -0.2) is 22.2 Å². The number of nitrogens with one attached hydrogen (secondary N) is 1. The monoisotopic (exact) mass is 305 g/mol. The molecule has 100 valence electrons. The standard InChI is InChI=1S/C10H6ClF2N3O2S/c11-10-14-5-4-8(15-10)16-19(17,18)9-6(12)2-1-3-7(9)13/h1-5H,(H,14,15,16). The summed E-state index contributed by atoms with van der Waals surface area (Å²) in [6, 6.07) is 3.93. The number of nitrogens with zero attached hydrogens (tertiary/aromatic N) is 2. The molecule has 0 aliphatic carbocycles. The third-order valence-corrected chi connectivity index (χ3v) is 3.64. The van der Waals surface area contributed by atoms with Crippen LogP contribution in [0, 0.1) is 11.6 Å². The van der Waals surface area contributed by atoms with Crippen molar-refractivity contribution in [1.29, 1.82) is 0 Å². The number of anilines is 1. The lowest BCUT2D eigenvalue weighted by Gasteiger charge is -2.08. The lowest BCUT2D eigenvalue weighted by atomic mass is 10.3. The summed E-state index contributed by atoms with van der Waals surface area (Å²) in [5.41, 5.74) is 0. The van der Waals surface area contributed by atoms with Gasteiger partial charge in [0.15, 0.2) is 4.90 Å². The van der Waals surface area contributed by atoms with Gasteiger partial charge < -0.3 is 0 Å². The Morgan fingerprint density at radius 1 is 1.16 bits per heavy atom. The molecule has 2 rings (SSSR count). The van der Waals surface area contributed by atoms with Gasteiger partial charge in [0.2, 0.25) is 5.28 Å². The Kier molecular flexibility index (Phi) is 3.63. The van der Waals surface area contributed by atoms with Gasteiger partial charge in [0.1, 0.15) is 17.5 Å². The smallest absolute Gasteiger partial charge is 0.263 e. The van der Waals surface area contributed by atoms with Crippen LogP contribution in [-0.4, -0.2) is 18.4 Å². The normalized spacial score (nSPS) is 11.3. The summed E-state index contributed by atoms with van der Waals surface area (Å²) in [6.45, 7) is 0. The van der Waals surface area contributed by atoms with E-state index in [9.17, 15) is 17.2 Å². The van der Waals surface area contributed by atoms with Crippen molar-refractivity contribution in [3.05, 3.63) is 47.4 Å². The molecule has 0 bridgehead atoms. The zero-order valence-corrected chi connectivity index (χ0v) is 10.7.